The van der Waals surface area contributed by atoms with Crippen LogP contribution in [0, 0.1) is 12.3 Å². The predicted octanol–water partition coefficient (Wildman–Crippen LogP) is 3.92. The van der Waals surface area contributed by atoms with E-state index in [1.54, 1.807) is 6.07 Å². The summed E-state index contributed by atoms with van der Waals surface area (Å²) in [6.45, 7) is 6.10. The third kappa shape index (κ3) is 2.91. The van der Waals surface area contributed by atoms with Crippen molar-refractivity contribution in [3.63, 3.8) is 0 Å². The topological polar surface area (TPSA) is 59.1 Å². The highest BCUT2D eigenvalue weighted by molar-refractivity contribution is 7.18. The fourth-order valence-corrected chi connectivity index (χ4v) is 4.17. The quantitative estimate of drug-likeness (QED) is 0.912. The number of hydrogen-bond donors (Lipinski definition) is 1. The van der Waals surface area contributed by atoms with Gasteiger partial charge >= 0.3 is 0 Å². The lowest BCUT2D eigenvalue weighted by Gasteiger charge is -2.26. The van der Waals surface area contributed by atoms with Gasteiger partial charge in [-0.3, -0.25) is 14.9 Å². The Morgan fingerprint density at radius 3 is 2.71 bits per heavy atom. The van der Waals surface area contributed by atoms with Crippen LogP contribution in [-0.2, 0) is 6.42 Å². The fraction of sp³-hybridized carbons (Fsp3) is 0.400. The van der Waals surface area contributed by atoms with Gasteiger partial charge in [-0.25, -0.2) is 4.98 Å². The van der Waals surface area contributed by atoms with Crippen LogP contribution in [0.25, 0.3) is 0 Å². The van der Waals surface area contributed by atoms with Crippen molar-refractivity contribution in [3.8, 4) is 0 Å². The SMILES string of the molecule is Cc1ccc(C(=O)Nc2nc3c(s2)C(=O)CC(C)(C)C3)s1. The molecule has 0 saturated carbocycles. The summed E-state index contributed by atoms with van der Waals surface area (Å²) >= 11 is 2.73. The van der Waals surface area contributed by atoms with Gasteiger partial charge < -0.3 is 0 Å². The van der Waals surface area contributed by atoms with E-state index in [9.17, 15) is 9.59 Å². The summed E-state index contributed by atoms with van der Waals surface area (Å²) in [5.41, 5.74) is 0.767. The van der Waals surface area contributed by atoms with Gasteiger partial charge in [0.2, 0.25) is 0 Å². The van der Waals surface area contributed by atoms with E-state index in [1.165, 1.54) is 22.7 Å². The number of nitrogens with one attached hydrogen (secondary N) is 1. The molecule has 0 radical (unpaired) electrons. The Hall–Kier alpha value is -1.53. The average molecular weight is 320 g/mol. The molecular weight excluding hydrogens is 304 g/mol. The summed E-state index contributed by atoms with van der Waals surface area (Å²) in [5.74, 6) is -0.0304. The first-order valence-electron chi connectivity index (χ1n) is 6.75. The largest absolute Gasteiger partial charge is 0.297 e. The molecule has 3 rings (SSSR count). The fourth-order valence-electron chi connectivity index (χ4n) is 2.49. The molecule has 0 fully saturated rings. The second kappa shape index (κ2) is 5.03. The van der Waals surface area contributed by atoms with Gasteiger partial charge in [-0.05, 0) is 30.9 Å². The molecule has 21 heavy (non-hydrogen) atoms. The normalized spacial score (nSPS) is 16.6. The van der Waals surface area contributed by atoms with E-state index in [-0.39, 0.29) is 17.1 Å². The number of thiophene rings is 1. The van der Waals surface area contributed by atoms with Crippen LogP contribution in [-0.4, -0.2) is 16.7 Å². The van der Waals surface area contributed by atoms with Crippen molar-refractivity contribution >= 4 is 39.5 Å². The summed E-state index contributed by atoms with van der Waals surface area (Å²) in [7, 11) is 0. The molecule has 1 N–H and O–H groups in total. The van der Waals surface area contributed by atoms with Crippen LogP contribution < -0.4 is 5.32 Å². The Kier molecular flexibility index (Phi) is 3.45. The Morgan fingerprint density at radius 2 is 2.05 bits per heavy atom. The first-order valence-corrected chi connectivity index (χ1v) is 8.38. The van der Waals surface area contributed by atoms with E-state index < -0.39 is 0 Å². The third-order valence-electron chi connectivity index (χ3n) is 3.42. The van der Waals surface area contributed by atoms with Crippen molar-refractivity contribution in [2.45, 2.75) is 33.6 Å². The highest BCUT2D eigenvalue weighted by Crippen LogP contribution is 2.38. The predicted molar refractivity (Wildman–Crippen MR) is 85.6 cm³/mol. The summed E-state index contributed by atoms with van der Waals surface area (Å²) in [5, 5.41) is 3.32. The lowest BCUT2D eigenvalue weighted by Crippen LogP contribution is -2.26. The molecule has 0 unspecified atom stereocenters. The minimum Gasteiger partial charge on any atom is -0.297 e. The molecule has 0 bridgehead atoms. The average Bonchev–Trinajstić information content (AvgIpc) is 2.94. The monoisotopic (exact) mass is 320 g/mol. The summed E-state index contributed by atoms with van der Waals surface area (Å²) < 4.78 is 0. The first kappa shape index (κ1) is 14.4. The number of anilines is 1. The minimum absolute atomic E-state index is 0.0513. The summed E-state index contributed by atoms with van der Waals surface area (Å²) in [4.78, 5) is 31.2. The zero-order valence-corrected chi connectivity index (χ0v) is 13.8. The highest BCUT2D eigenvalue weighted by atomic mass is 32.1. The molecule has 2 aromatic rings. The van der Waals surface area contributed by atoms with Crippen LogP contribution in [0.1, 0.15) is 50.2 Å². The van der Waals surface area contributed by atoms with Crippen molar-refractivity contribution in [2.24, 2.45) is 5.41 Å². The number of nitrogens with zero attached hydrogens (tertiary/aromatic N) is 1. The number of ketones is 1. The van der Waals surface area contributed by atoms with Gasteiger partial charge in [-0.2, -0.15) is 0 Å². The summed E-state index contributed by atoms with van der Waals surface area (Å²) in [6, 6.07) is 3.72. The minimum atomic E-state index is -0.161. The molecule has 1 aliphatic rings. The molecule has 6 heteroatoms. The molecule has 0 saturated heterocycles. The van der Waals surface area contributed by atoms with Gasteiger partial charge in [0.05, 0.1) is 15.4 Å². The number of aromatic nitrogens is 1. The molecule has 0 aliphatic heterocycles. The highest BCUT2D eigenvalue weighted by Gasteiger charge is 2.34. The number of hydrogen-bond acceptors (Lipinski definition) is 5. The number of amides is 1. The van der Waals surface area contributed by atoms with Crippen molar-refractivity contribution < 1.29 is 9.59 Å². The van der Waals surface area contributed by atoms with E-state index in [4.69, 9.17) is 0 Å². The van der Waals surface area contributed by atoms with Crippen LogP contribution in [0.15, 0.2) is 12.1 Å². The Bertz CT molecular complexity index is 728. The molecule has 2 heterocycles. The van der Waals surface area contributed by atoms with Crippen LogP contribution in [0.4, 0.5) is 5.13 Å². The maximum atomic E-state index is 12.1. The van der Waals surface area contributed by atoms with Crippen LogP contribution >= 0.6 is 22.7 Å². The molecule has 0 spiro atoms. The molecule has 0 atom stereocenters. The number of carbonyl (C=O) groups excluding carboxylic acids is 2. The van der Waals surface area contributed by atoms with Gasteiger partial charge in [0, 0.05) is 11.3 Å². The van der Waals surface area contributed by atoms with Crippen molar-refractivity contribution in [3.05, 3.63) is 32.5 Å². The van der Waals surface area contributed by atoms with E-state index in [1.807, 2.05) is 13.0 Å². The second-order valence-electron chi connectivity index (χ2n) is 6.10. The van der Waals surface area contributed by atoms with Crippen molar-refractivity contribution in [2.75, 3.05) is 5.32 Å². The van der Waals surface area contributed by atoms with Gasteiger partial charge in [0.25, 0.3) is 5.91 Å². The molecule has 1 amide bonds. The number of fused-ring (bicyclic) bond motifs is 1. The van der Waals surface area contributed by atoms with Gasteiger partial charge in [-0.1, -0.05) is 25.2 Å². The van der Waals surface area contributed by atoms with E-state index >= 15 is 0 Å². The molecular formula is C15H16N2O2S2. The maximum absolute atomic E-state index is 12.1. The third-order valence-corrected chi connectivity index (χ3v) is 5.47. The Balaban J connectivity index is 1.82. The van der Waals surface area contributed by atoms with E-state index in [0.717, 1.165) is 17.0 Å². The molecule has 1 aliphatic carbocycles. The molecule has 110 valence electrons. The number of carbonyl (C=O) groups is 2. The molecule has 2 aromatic heterocycles. The lowest BCUT2D eigenvalue weighted by atomic mass is 9.78. The zero-order chi connectivity index (χ0) is 15.2. The maximum Gasteiger partial charge on any atom is 0.267 e. The van der Waals surface area contributed by atoms with Crippen molar-refractivity contribution in [1.82, 2.24) is 4.98 Å². The number of thiazole rings is 1. The second-order valence-corrected chi connectivity index (χ2v) is 8.39. The van der Waals surface area contributed by atoms with Crippen molar-refractivity contribution in [1.29, 1.82) is 0 Å². The van der Waals surface area contributed by atoms with Crippen LogP contribution in [0.3, 0.4) is 0 Å². The zero-order valence-electron chi connectivity index (χ0n) is 12.1. The Labute approximate surface area is 131 Å². The lowest BCUT2D eigenvalue weighted by molar-refractivity contribution is 0.0915. The first-order chi connectivity index (χ1) is 9.84. The summed E-state index contributed by atoms with van der Waals surface area (Å²) in [6.07, 6.45) is 1.32. The smallest absolute Gasteiger partial charge is 0.267 e. The standard InChI is InChI=1S/C15H16N2O2S2/c1-8-4-5-11(20-8)13(19)17-14-16-9-6-15(2,3)7-10(18)12(9)21-14/h4-5H,6-7H2,1-3H3,(H,16,17,19). The van der Waals surface area contributed by atoms with Crippen LogP contribution in [0.2, 0.25) is 0 Å². The van der Waals surface area contributed by atoms with E-state index in [2.05, 4.69) is 24.1 Å². The van der Waals surface area contributed by atoms with Gasteiger partial charge in [0.1, 0.15) is 0 Å². The molecule has 0 aromatic carbocycles. The van der Waals surface area contributed by atoms with Crippen LogP contribution in [0.5, 0.6) is 0 Å². The number of Topliss-reactive ketones (excluding diaryl/α,β-unsaturated/α-hetero) is 1. The number of rotatable bonds is 2. The van der Waals surface area contributed by atoms with Gasteiger partial charge in [-0.15, -0.1) is 11.3 Å². The molecule has 4 nitrogen and oxygen atoms in total. The van der Waals surface area contributed by atoms with Gasteiger partial charge in [0.15, 0.2) is 10.9 Å². The Morgan fingerprint density at radius 1 is 1.29 bits per heavy atom. The number of aryl methyl sites for hydroxylation is 1. The van der Waals surface area contributed by atoms with E-state index in [0.29, 0.717) is 21.3 Å².